The SMILES string of the molecule is CCc1nc2ccc(C(CC)C(=O)OC)cc2n1C. The van der Waals surface area contributed by atoms with E-state index in [4.69, 9.17) is 4.74 Å². The van der Waals surface area contributed by atoms with E-state index in [2.05, 4.69) is 16.5 Å². The van der Waals surface area contributed by atoms with Gasteiger partial charge in [0.15, 0.2) is 0 Å². The Balaban J connectivity index is 2.51. The molecule has 0 saturated heterocycles. The van der Waals surface area contributed by atoms with Crippen LogP contribution in [0.5, 0.6) is 0 Å². The second kappa shape index (κ2) is 5.43. The number of carbonyl (C=O) groups is 1. The first kappa shape index (κ1) is 13.6. The maximum absolute atomic E-state index is 11.8. The van der Waals surface area contributed by atoms with Gasteiger partial charge in [-0.1, -0.05) is 19.9 Å². The summed E-state index contributed by atoms with van der Waals surface area (Å²) in [7, 11) is 3.44. The maximum atomic E-state index is 11.8. The lowest BCUT2D eigenvalue weighted by Crippen LogP contribution is -2.13. The van der Waals surface area contributed by atoms with Crippen molar-refractivity contribution in [2.75, 3.05) is 7.11 Å². The second-order valence-corrected chi connectivity index (χ2v) is 4.67. The van der Waals surface area contributed by atoms with Crippen molar-refractivity contribution in [2.45, 2.75) is 32.6 Å². The molecule has 0 aliphatic carbocycles. The quantitative estimate of drug-likeness (QED) is 0.794. The van der Waals surface area contributed by atoms with Crippen molar-refractivity contribution >= 4 is 17.0 Å². The minimum absolute atomic E-state index is 0.181. The van der Waals surface area contributed by atoms with Crippen molar-refractivity contribution in [3.05, 3.63) is 29.6 Å². The van der Waals surface area contributed by atoms with Crippen LogP contribution in [0.3, 0.4) is 0 Å². The summed E-state index contributed by atoms with van der Waals surface area (Å²) in [6.45, 7) is 4.08. The summed E-state index contributed by atoms with van der Waals surface area (Å²) >= 11 is 0. The molecule has 1 atom stereocenters. The van der Waals surface area contributed by atoms with Crippen LogP contribution >= 0.6 is 0 Å². The molecule has 1 heterocycles. The van der Waals surface area contributed by atoms with Crippen LogP contribution in [-0.4, -0.2) is 22.6 Å². The summed E-state index contributed by atoms with van der Waals surface area (Å²) in [5, 5.41) is 0. The highest BCUT2D eigenvalue weighted by molar-refractivity contribution is 5.82. The van der Waals surface area contributed by atoms with Gasteiger partial charge in [-0.2, -0.15) is 0 Å². The van der Waals surface area contributed by atoms with E-state index in [0.29, 0.717) is 0 Å². The fourth-order valence-corrected chi connectivity index (χ4v) is 2.47. The van der Waals surface area contributed by atoms with E-state index in [1.54, 1.807) is 0 Å². The van der Waals surface area contributed by atoms with Crippen LogP contribution in [0.2, 0.25) is 0 Å². The molecule has 4 nitrogen and oxygen atoms in total. The van der Waals surface area contributed by atoms with E-state index < -0.39 is 0 Å². The van der Waals surface area contributed by atoms with Gasteiger partial charge in [0.25, 0.3) is 0 Å². The summed E-state index contributed by atoms with van der Waals surface area (Å²) in [6.07, 6.45) is 1.63. The largest absolute Gasteiger partial charge is 0.469 e. The lowest BCUT2D eigenvalue weighted by molar-refractivity contribution is -0.142. The molecule has 0 amide bonds. The highest BCUT2D eigenvalue weighted by Crippen LogP contribution is 2.25. The second-order valence-electron chi connectivity index (χ2n) is 4.67. The highest BCUT2D eigenvalue weighted by atomic mass is 16.5. The molecule has 1 aromatic carbocycles. The third kappa shape index (κ3) is 2.35. The predicted octanol–water partition coefficient (Wildman–Crippen LogP) is 2.80. The lowest BCUT2D eigenvalue weighted by atomic mass is 9.96. The number of fused-ring (bicyclic) bond motifs is 1. The van der Waals surface area contributed by atoms with Gasteiger partial charge < -0.3 is 9.30 Å². The average molecular weight is 260 g/mol. The zero-order valence-corrected chi connectivity index (χ0v) is 11.9. The van der Waals surface area contributed by atoms with Gasteiger partial charge in [0.2, 0.25) is 0 Å². The molecule has 0 aliphatic rings. The zero-order valence-electron chi connectivity index (χ0n) is 11.9. The Morgan fingerprint density at radius 2 is 2.16 bits per heavy atom. The Labute approximate surface area is 113 Å². The van der Waals surface area contributed by atoms with Gasteiger partial charge in [0, 0.05) is 13.5 Å². The molecule has 0 saturated carbocycles. The number of ether oxygens (including phenoxy) is 1. The minimum Gasteiger partial charge on any atom is -0.469 e. The molecule has 1 unspecified atom stereocenters. The van der Waals surface area contributed by atoms with Crippen molar-refractivity contribution in [1.82, 2.24) is 9.55 Å². The fraction of sp³-hybridized carbons (Fsp3) is 0.467. The van der Waals surface area contributed by atoms with E-state index in [0.717, 1.165) is 35.3 Å². The van der Waals surface area contributed by atoms with Gasteiger partial charge in [-0.15, -0.1) is 0 Å². The molecule has 0 N–H and O–H groups in total. The molecule has 1 aromatic heterocycles. The third-order valence-corrected chi connectivity index (χ3v) is 3.61. The number of imidazole rings is 1. The number of benzene rings is 1. The minimum atomic E-state index is -0.200. The number of esters is 1. The van der Waals surface area contributed by atoms with Crippen LogP contribution < -0.4 is 0 Å². The van der Waals surface area contributed by atoms with Crippen molar-refractivity contribution in [3.63, 3.8) is 0 Å². The van der Waals surface area contributed by atoms with E-state index in [-0.39, 0.29) is 11.9 Å². The first-order valence-corrected chi connectivity index (χ1v) is 6.65. The Bertz CT molecular complexity index is 601. The van der Waals surface area contributed by atoms with E-state index >= 15 is 0 Å². The molecule has 19 heavy (non-hydrogen) atoms. The van der Waals surface area contributed by atoms with Gasteiger partial charge in [-0.05, 0) is 24.1 Å². The Kier molecular flexibility index (Phi) is 3.88. The van der Waals surface area contributed by atoms with Gasteiger partial charge in [0.05, 0.1) is 24.1 Å². The van der Waals surface area contributed by atoms with Gasteiger partial charge in [-0.3, -0.25) is 4.79 Å². The Hall–Kier alpha value is -1.84. The number of nitrogens with zero attached hydrogens (tertiary/aromatic N) is 2. The van der Waals surface area contributed by atoms with Crippen molar-refractivity contribution < 1.29 is 9.53 Å². The van der Waals surface area contributed by atoms with Crippen LogP contribution in [0, 0.1) is 0 Å². The van der Waals surface area contributed by atoms with Crippen LogP contribution in [0.25, 0.3) is 11.0 Å². The van der Waals surface area contributed by atoms with Crippen LogP contribution in [0.1, 0.15) is 37.6 Å². The van der Waals surface area contributed by atoms with Crippen LogP contribution in [0.15, 0.2) is 18.2 Å². The standard InChI is InChI=1S/C15H20N2O2/c1-5-11(15(18)19-4)10-7-8-12-13(9-10)17(3)14(6-2)16-12/h7-9,11H,5-6H2,1-4H3. The molecule has 2 rings (SSSR count). The van der Waals surface area contributed by atoms with E-state index in [1.165, 1.54) is 7.11 Å². The molecule has 102 valence electrons. The van der Waals surface area contributed by atoms with E-state index in [9.17, 15) is 4.79 Å². The van der Waals surface area contributed by atoms with Crippen molar-refractivity contribution in [2.24, 2.45) is 7.05 Å². The number of aromatic nitrogens is 2. The molecular formula is C15H20N2O2. The summed E-state index contributed by atoms with van der Waals surface area (Å²) in [4.78, 5) is 16.4. The van der Waals surface area contributed by atoms with Gasteiger partial charge in [0.1, 0.15) is 5.82 Å². The number of methoxy groups -OCH3 is 1. The molecule has 0 fully saturated rings. The molecule has 4 heteroatoms. The maximum Gasteiger partial charge on any atom is 0.313 e. The van der Waals surface area contributed by atoms with Crippen molar-refractivity contribution in [1.29, 1.82) is 0 Å². The topological polar surface area (TPSA) is 44.1 Å². The molecule has 2 aromatic rings. The predicted molar refractivity (Wildman–Crippen MR) is 75.1 cm³/mol. The first-order chi connectivity index (χ1) is 9.12. The lowest BCUT2D eigenvalue weighted by Gasteiger charge is -2.13. The Morgan fingerprint density at radius 1 is 1.42 bits per heavy atom. The summed E-state index contributed by atoms with van der Waals surface area (Å²) in [6, 6.07) is 6.00. The summed E-state index contributed by atoms with van der Waals surface area (Å²) < 4.78 is 6.95. The number of hydrogen-bond acceptors (Lipinski definition) is 3. The molecule has 0 bridgehead atoms. The van der Waals surface area contributed by atoms with Crippen LogP contribution in [0.4, 0.5) is 0 Å². The monoisotopic (exact) mass is 260 g/mol. The highest BCUT2D eigenvalue weighted by Gasteiger charge is 2.20. The number of rotatable bonds is 4. The number of hydrogen-bond donors (Lipinski definition) is 0. The summed E-state index contributed by atoms with van der Waals surface area (Å²) in [5.41, 5.74) is 3.03. The zero-order chi connectivity index (χ0) is 14.0. The average Bonchev–Trinajstić information content (AvgIpc) is 2.76. The molecule has 0 spiro atoms. The van der Waals surface area contributed by atoms with Gasteiger partial charge in [-0.25, -0.2) is 4.98 Å². The van der Waals surface area contributed by atoms with Crippen LogP contribution in [-0.2, 0) is 23.0 Å². The molecule has 0 aliphatic heterocycles. The van der Waals surface area contributed by atoms with Gasteiger partial charge >= 0.3 is 5.97 Å². The third-order valence-electron chi connectivity index (χ3n) is 3.61. The normalized spacial score (nSPS) is 12.6. The van der Waals surface area contributed by atoms with Crippen molar-refractivity contribution in [3.8, 4) is 0 Å². The summed E-state index contributed by atoms with van der Waals surface area (Å²) in [5.74, 6) is 0.673. The van der Waals surface area contributed by atoms with E-state index in [1.807, 2.05) is 32.2 Å². The molecule has 0 radical (unpaired) electrons. The number of carbonyl (C=O) groups excluding carboxylic acids is 1. The number of aryl methyl sites for hydroxylation is 2. The Morgan fingerprint density at radius 3 is 2.74 bits per heavy atom. The fourth-order valence-electron chi connectivity index (χ4n) is 2.47. The molecular weight excluding hydrogens is 240 g/mol. The smallest absolute Gasteiger partial charge is 0.313 e. The first-order valence-electron chi connectivity index (χ1n) is 6.65.